The Bertz CT molecular complexity index is 1110. The number of carbonyl (C=O) groups excluding carboxylic acids is 1. The van der Waals surface area contributed by atoms with Gasteiger partial charge in [-0.3, -0.25) is 4.79 Å². The van der Waals surface area contributed by atoms with Gasteiger partial charge in [0.1, 0.15) is 16.2 Å². The lowest BCUT2D eigenvalue weighted by molar-refractivity contribution is -0.128. The summed E-state index contributed by atoms with van der Waals surface area (Å²) in [5.41, 5.74) is 1.12. The fraction of sp³-hybridized carbons (Fsp3) is 0.316. The van der Waals surface area contributed by atoms with Gasteiger partial charge in [0, 0.05) is 23.4 Å². The first-order valence-electron chi connectivity index (χ1n) is 8.82. The number of benzene rings is 1. The Morgan fingerprint density at radius 3 is 2.79 bits per heavy atom. The third kappa shape index (κ3) is 4.06. The van der Waals surface area contributed by atoms with Crippen molar-refractivity contribution in [3.05, 3.63) is 42.7 Å². The number of thiophene rings is 1. The van der Waals surface area contributed by atoms with Gasteiger partial charge in [-0.05, 0) is 18.1 Å². The molecule has 1 aliphatic rings. The zero-order valence-corrected chi connectivity index (χ0v) is 17.7. The minimum atomic E-state index is -3.01. The minimum Gasteiger partial charge on any atom is -0.341 e. The maximum Gasteiger partial charge on any atom is 0.233 e. The van der Waals surface area contributed by atoms with Gasteiger partial charge in [0.25, 0.3) is 0 Å². The molecule has 9 heteroatoms. The van der Waals surface area contributed by atoms with E-state index in [1.54, 1.807) is 23.3 Å². The molecule has 1 aliphatic heterocycles. The highest BCUT2D eigenvalue weighted by Crippen LogP contribution is 2.36. The second kappa shape index (κ2) is 7.81. The van der Waals surface area contributed by atoms with Crippen LogP contribution in [0.25, 0.3) is 20.7 Å². The third-order valence-electron chi connectivity index (χ3n) is 4.83. The van der Waals surface area contributed by atoms with Crippen LogP contribution >= 0.6 is 23.1 Å². The standard InChI is InChI=1S/C19H19N3O3S3/c1-22(14-7-8-28(24,25)11-14)17(23)10-26-18-15-9-16(13-5-3-2-4-6-13)27-19(15)21-12-20-18/h2-6,9,12,14H,7-8,10-11H2,1H3/t14-/m1/s1. The molecule has 1 fully saturated rings. The molecule has 1 atom stereocenters. The normalized spacial score (nSPS) is 18.4. The SMILES string of the molecule is CN(C(=O)CSc1ncnc2sc(-c3ccccc3)cc12)[C@@H]1CCS(=O)(=O)C1. The second-order valence-corrected chi connectivity index (χ2v) is 10.9. The fourth-order valence-electron chi connectivity index (χ4n) is 3.21. The average molecular weight is 434 g/mol. The molecule has 3 heterocycles. The van der Waals surface area contributed by atoms with Crippen molar-refractivity contribution < 1.29 is 13.2 Å². The van der Waals surface area contributed by atoms with Crippen molar-refractivity contribution in [3.63, 3.8) is 0 Å². The van der Waals surface area contributed by atoms with Gasteiger partial charge in [-0.15, -0.1) is 11.3 Å². The fourth-order valence-corrected chi connectivity index (χ4v) is 6.95. The predicted octanol–water partition coefficient (Wildman–Crippen LogP) is 3.10. The van der Waals surface area contributed by atoms with Gasteiger partial charge in [-0.25, -0.2) is 18.4 Å². The lowest BCUT2D eigenvalue weighted by atomic mass is 10.2. The van der Waals surface area contributed by atoms with Gasteiger partial charge in [-0.1, -0.05) is 42.1 Å². The van der Waals surface area contributed by atoms with Crippen LogP contribution in [0.2, 0.25) is 0 Å². The van der Waals surface area contributed by atoms with Crippen molar-refractivity contribution in [1.29, 1.82) is 0 Å². The second-order valence-electron chi connectivity index (χ2n) is 6.72. The van der Waals surface area contributed by atoms with Gasteiger partial charge in [0.2, 0.25) is 5.91 Å². The van der Waals surface area contributed by atoms with Crippen LogP contribution in [-0.2, 0) is 14.6 Å². The smallest absolute Gasteiger partial charge is 0.233 e. The Morgan fingerprint density at radius 1 is 1.29 bits per heavy atom. The van der Waals surface area contributed by atoms with Gasteiger partial charge in [-0.2, -0.15) is 0 Å². The van der Waals surface area contributed by atoms with E-state index in [9.17, 15) is 13.2 Å². The summed E-state index contributed by atoms with van der Waals surface area (Å²) in [7, 11) is -1.33. The Morgan fingerprint density at radius 2 is 2.07 bits per heavy atom. The van der Waals surface area contributed by atoms with E-state index in [4.69, 9.17) is 0 Å². The summed E-state index contributed by atoms with van der Waals surface area (Å²) in [5, 5.41) is 1.71. The summed E-state index contributed by atoms with van der Waals surface area (Å²) in [6.07, 6.45) is 2.03. The molecule has 3 aromatic rings. The lowest BCUT2D eigenvalue weighted by Crippen LogP contribution is -2.38. The van der Waals surface area contributed by atoms with Gasteiger partial charge >= 0.3 is 0 Å². The predicted molar refractivity (Wildman–Crippen MR) is 113 cm³/mol. The van der Waals surface area contributed by atoms with E-state index in [1.165, 1.54) is 18.1 Å². The highest BCUT2D eigenvalue weighted by atomic mass is 32.2. The average Bonchev–Trinajstić information content (AvgIpc) is 3.29. The van der Waals surface area contributed by atoms with Crippen LogP contribution < -0.4 is 0 Å². The van der Waals surface area contributed by atoms with Crippen LogP contribution in [0.5, 0.6) is 0 Å². The summed E-state index contributed by atoms with van der Waals surface area (Å²) in [5.74, 6) is 0.349. The van der Waals surface area contributed by atoms with E-state index in [-0.39, 0.29) is 29.2 Å². The largest absolute Gasteiger partial charge is 0.341 e. The lowest BCUT2D eigenvalue weighted by Gasteiger charge is -2.23. The molecule has 1 saturated heterocycles. The summed E-state index contributed by atoms with van der Waals surface area (Å²) < 4.78 is 23.3. The Labute approximate surface area is 171 Å². The molecule has 0 unspecified atom stereocenters. The molecule has 0 N–H and O–H groups in total. The van der Waals surface area contributed by atoms with Crippen LogP contribution in [0.15, 0.2) is 47.8 Å². The first-order valence-corrected chi connectivity index (χ1v) is 12.4. The molecule has 6 nitrogen and oxygen atoms in total. The number of hydrogen-bond donors (Lipinski definition) is 0. The molecule has 0 spiro atoms. The molecule has 4 rings (SSSR count). The minimum absolute atomic E-state index is 0.0582. The van der Waals surface area contributed by atoms with E-state index in [0.29, 0.717) is 6.42 Å². The van der Waals surface area contributed by atoms with Gasteiger partial charge < -0.3 is 4.90 Å². The molecule has 146 valence electrons. The van der Waals surface area contributed by atoms with E-state index in [2.05, 4.69) is 28.2 Å². The maximum absolute atomic E-state index is 12.5. The Hall–Kier alpha value is -1.97. The third-order valence-corrected chi connectivity index (χ3v) is 8.67. The van der Waals surface area contributed by atoms with Crippen LogP contribution in [0.3, 0.4) is 0 Å². The number of hydrogen-bond acceptors (Lipinski definition) is 7. The number of sulfone groups is 1. The highest BCUT2D eigenvalue weighted by Gasteiger charge is 2.32. The van der Waals surface area contributed by atoms with Crippen molar-refractivity contribution in [2.45, 2.75) is 17.5 Å². The molecule has 1 amide bonds. The summed E-state index contributed by atoms with van der Waals surface area (Å²) >= 11 is 2.97. The van der Waals surface area contributed by atoms with E-state index < -0.39 is 9.84 Å². The van der Waals surface area contributed by atoms with Crippen molar-refractivity contribution in [1.82, 2.24) is 14.9 Å². The summed E-state index contributed by atoms with van der Waals surface area (Å²) in [4.78, 5) is 24.8. The molecule has 0 bridgehead atoms. The van der Waals surface area contributed by atoms with Crippen LogP contribution in [0, 0.1) is 0 Å². The van der Waals surface area contributed by atoms with Crippen LogP contribution in [0.1, 0.15) is 6.42 Å². The molecule has 1 aromatic carbocycles. The number of amides is 1. The quantitative estimate of drug-likeness (QED) is 0.454. The topological polar surface area (TPSA) is 80.2 Å². The Balaban J connectivity index is 1.49. The number of aromatic nitrogens is 2. The number of fused-ring (bicyclic) bond motifs is 1. The molecular weight excluding hydrogens is 414 g/mol. The Kier molecular flexibility index (Phi) is 5.39. The molecule has 0 saturated carbocycles. The number of carbonyl (C=O) groups is 1. The van der Waals surface area contributed by atoms with Crippen molar-refractivity contribution in [3.8, 4) is 10.4 Å². The molecule has 0 radical (unpaired) electrons. The first kappa shape index (κ1) is 19.4. The van der Waals surface area contributed by atoms with Crippen LogP contribution in [-0.4, -0.2) is 59.5 Å². The highest BCUT2D eigenvalue weighted by molar-refractivity contribution is 8.00. The number of thioether (sulfide) groups is 1. The molecule has 0 aliphatic carbocycles. The van der Waals surface area contributed by atoms with Crippen molar-refractivity contribution in [2.24, 2.45) is 0 Å². The molecule has 2 aromatic heterocycles. The monoisotopic (exact) mass is 433 g/mol. The van der Waals surface area contributed by atoms with Crippen LogP contribution in [0.4, 0.5) is 0 Å². The zero-order valence-electron chi connectivity index (χ0n) is 15.2. The summed E-state index contributed by atoms with van der Waals surface area (Å²) in [6.45, 7) is 0. The summed E-state index contributed by atoms with van der Waals surface area (Å²) in [6, 6.07) is 11.9. The van der Waals surface area contributed by atoms with E-state index in [1.807, 2.05) is 18.2 Å². The van der Waals surface area contributed by atoms with Gasteiger partial charge in [0.15, 0.2) is 9.84 Å². The van der Waals surface area contributed by atoms with E-state index in [0.717, 1.165) is 25.7 Å². The van der Waals surface area contributed by atoms with Gasteiger partial charge in [0.05, 0.1) is 17.3 Å². The first-order chi connectivity index (χ1) is 13.4. The van der Waals surface area contributed by atoms with E-state index >= 15 is 0 Å². The number of rotatable bonds is 5. The van der Waals surface area contributed by atoms with Crippen molar-refractivity contribution >= 4 is 49.1 Å². The zero-order chi connectivity index (χ0) is 19.7. The number of nitrogens with zero attached hydrogens (tertiary/aromatic N) is 3. The van der Waals surface area contributed by atoms with Crippen molar-refractivity contribution in [2.75, 3.05) is 24.3 Å². The maximum atomic E-state index is 12.5. The molecule has 28 heavy (non-hydrogen) atoms. The molecular formula is C19H19N3O3S3.